The number of hydrogen-bond acceptors (Lipinski definition) is 2. The van der Waals surface area contributed by atoms with Crippen molar-refractivity contribution in [1.82, 2.24) is 14.5 Å². The maximum Gasteiger partial charge on any atom is 0.278 e. The lowest BCUT2D eigenvalue weighted by Crippen LogP contribution is -3.15. The zero-order valence-corrected chi connectivity index (χ0v) is 17.4. The zero-order chi connectivity index (χ0) is 21.1. The lowest BCUT2D eigenvalue weighted by Gasteiger charge is -2.40. The Bertz CT molecular complexity index is 1250. The number of rotatable bonds is 2. The molecule has 3 aliphatic heterocycles. The molecule has 1 saturated heterocycles. The van der Waals surface area contributed by atoms with Gasteiger partial charge < -0.3 is 19.4 Å². The van der Waals surface area contributed by atoms with Gasteiger partial charge in [0.05, 0.1) is 13.1 Å². The van der Waals surface area contributed by atoms with E-state index in [-0.39, 0.29) is 17.3 Å². The molecule has 3 aromatic rings. The summed E-state index contributed by atoms with van der Waals surface area (Å²) < 4.78 is 15.7. The summed E-state index contributed by atoms with van der Waals surface area (Å²) in [4.78, 5) is 32.0. The van der Waals surface area contributed by atoms with Crippen molar-refractivity contribution in [1.29, 1.82) is 0 Å². The van der Waals surface area contributed by atoms with Crippen LogP contribution in [0, 0.1) is 11.7 Å². The zero-order valence-electron chi connectivity index (χ0n) is 17.4. The number of aromatic nitrogens is 2. The Morgan fingerprint density at radius 2 is 2.13 bits per heavy atom. The number of fused-ring (bicyclic) bond motifs is 7. The molecule has 0 radical (unpaired) electrons. The third kappa shape index (κ3) is 3.19. The number of piperidine rings is 1. The number of pyridine rings is 1. The van der Waals surface area contributed by atoms with E-state index in [1.54, 1.807) is 18.2 Å². The summed E-state index contributed by atoms with van der Waals surface area (Å²) in [5.41, 5.74) is 4.31. The summed E-state index contributed by atoms with van der Waals surface area (Å²) in [5, 5.41) is 0.884. The quantitative estimate of drug-likeness (QED) is 0.650. The summed E-state index contributed by atoms with van der Waals surface area (Å²) in [6.45, 7) is 4.30. The van der Waals surface area contributed by atoms with Crippen LogP contribution in [0.5, 0.6) is 0 Å². The van der Waals surface area contributed by atoms with E-state index in [2.05, 4.69) is 11.1 Å². The molecule has 1 amide bonds. The van der Waals surface area contributed by atoms with E-state index in [1.807, 2.05) is 15.5 Å². The van der Waals surface area contributed by atoms with Crippen molar-refractivity contribution in [2.24, 2.45) is 5.92 Å². The van der Waals surface area contributed by atoms with Crippen LogP contribution in [0.15, 0.2) is 41.2 Å². The third-order valence-electron chi connectivity index (χ3n) is 7.36. The second kappa shape index (κ2) is 7.05. The van der Waals surface area contributed by atoms with Crippen molar-refractivity contribution in [3.63, 3.8) is 0 Å². The number of halogens is 1. The van der Waals surface area contributed by atoms with Gasteiger partial charge in [-0.3, -0.25) is 9.59 Å². The van der Waals surface area contributed by atoms with Crippen molar-refractivity contribution in [2.75, 3.05) is 26.2 Å². The number of aromatic amines is 1. The molecule has 7 heteroatoms. The highest BCUT2D eigenvalue weighted by molar-refractivity contribution is 5.86. The maximum atomic E-state index is 13.8. The van der Waals surface area contributed by atoms with Gasteiger partial charge >= 0.3 is 0 Å². The number of benzene rings is 1. The third-order valence-corrected chi connectivity index (χ3v) is 7.36. The van der Waals surface area contributed by atoms with Crippen LogP contribution in [0.25, 0.3) is 10.9 Å². The summed E-state index contributed by atoms with van der Waals surface area (Å²) >= 11 is 0. The maximum absolute atomic E-state index is 13.8. The van der Waals surface area contributed by atoms with Gasteiger partial charge in [-0.05, 0) is 30.7 Å². The Hall–Kier alpha value is -2.93. The Morgan fingerprint density at radius 1 is 1.23 bits per heavy atom. The molecule has 1 unspecified atom stereocenters. The minimum absolute atomic E-state index is 0.0889. The summed E-state index contributed by atoms with van der Waals surface area (Å²) in [5.74, 6) is 0.700. The summed E-state index contributed by atoms with van der Waals surface area (Å²) in [6, 6.07) is 10.4. The Labute approximate surface area is 179 Å². The summed E-state index contributed by atoms with van der Waals surface area (Å²) in [6.07, 6.45) is 1.88. The molecule has 1 fully saturated rings. The first kappa shape index (κ1) is 18.8. The molecular weight excluding hydrogens is 395 g/mol. The fourth-order valence-corrected chi connectivity index (χ4v) is 5.99. The molecule has 0 saturated carbocycles. The van der Waals surface area contributed by atoms with E-state index in [9.17, 15) is 14.0 Å². The molecular formula is C24H26FN4O2+. The van der Waals surface area contributed by atoms with Crippen molar-refractivity contribution in [3.8, 4) is 0 Å². The number of nitrogens with zero attached hydrogens (tertiary/aromatic N) is 2. The molecule has 2 N–H and O–H groups in total. The molecule has 31 heavy (non-hydrogen) atoms. The van der Waals surface area contributed by atoms with Crippen LogP contribution >= 0.6 is 0 Å². The van der Waals surface area contributed by atoms with Crippen LogP contribution in [0.1, 0.15) is 29.3 Å². The number of hydrogen-bond donors (Lipinski definition) is 2. The van der Waals surface area contributed by atoms with E-state index in [0.29, 0.717) is 31.5 Å². The monoisotopic (exact) mass is 421 g/mol. The molecule has 6 rings (SSSR count). The normalized spacial score (nSPS) is 24.7. The van der Waals surface area contributed by atoms with Gasteiger partial charge in [0.25, 0.3) is 11.5 Å². The Kier molecular flexibility index (Phi) is 4.28. The highest BCUT2D eigenvalue weighted by Gasteiger charge is 2.38. The van der Waals surface area contributed by atoms with E-state index in [1.165, 1.54) is 11.0 Å². The lowest BCUT2D eigenvalue weighted by atomic mass is 9.83. The Balaban J connectivity index is 1.18. The van der Waals surface area contributed by atoms with Crippen molar-refractivity contribution >= 4 is 16.8 Å². The molecule has 3 aliphatic rings. The number of carbonyl (C=O) groups excluding carboxylic acids is 1. The van der Waals surface area contributed by atoms with Crippen molar-refractivity contribution in [2.45, 2.75) is 31.8 Å². The number of amides is 1. The fourth-order valence-electron chi connectivity index (χ4n) is 5.99. The topological polar surface area (TPSA) is 62.5 Å². The van der Waals surface area contributed by atoms with Gasteiger partial charge in [0.1, 0.15) is 5.82 Å². The molecule has 1 aromatic carbocycles. The number of quaternary nitrogens is 1. The van der Waals surface area contributed by atoms with Gasteiger partial charge in [-0.2, -0.15) is 0 Å². The molecule has 3 atom stereocenters. The van der Waals surface area contributed by atoms with E-state index in [0.717, 1.165) is 60.3 Å². The van der Waals surface area contributed by atoms with E-state index >= 15 is 0 Å². The largest absolute Gasteiger partial charge is 0.358 e. The minimum Gasteiger partial charge on any atom is -0.358 e. The number of H-pyrrole nitrogens is 1. The second-order valence-electron chi connectivity index (χ2n) is 9.37. The molecule has 0 spiro atoms. The van der Waals surface area contributed by atoms with Gasteiger partial charge in [-0.15, -0.1) is 0 Å². The fraction of sp³-hybridized carbons (Fsp3) is 0.417. The number of carbonyl (C=O) groups is 1. The van der Waals surface area contributed by atoms with Crippen LogP contribution < -0.4 is 10.5 Å². The number of nitrogens with one attached hydrogen (secondary N) is 2. The lowest BCUT2D eigenvalue weighted by molar-refractivity contribution is -0.903. The number of likely N-dealkylation sites (tertiary alicyclic amines) is 1. The van der Waals surface area contributed by atoms with Gasteiger partial charge in [0.15, 0.2) is 6.54 Å². The van der Waals surface area contributed by atoms with Crippen LogP contribution in [-0.4, -0.2) is 46.5 Å². The van der Waals surface area contributed by atoms with Gasteiger partial charge in [0.2, 0.25) is 0 Å². The SMILES string of the molecule is O=C(C[NH+]1C[C@H]2C[C@@H](C1)c1cccc(=O)n1C2)N1CCc2[nH]c3ccc(F)cc3c2C1. The van der Waals surface area contributed by atoms with Gasteiger partial charge in [-0.25, -0.2) is 4.39 Å². The second-order valence-corrected chi connectivity index (χ2v) is 9.37. The molecule has 5 heterocycles. The first-order valence-corrected chi connectivity index (χ1v) is 11.2. The molecule has 160 valence electrons. The van der Waals surface area contributed by atoms with Crippen molar-refractivity contribution in [3.05, 3.63) is 69.5 Å². The van der Waals surface area contributed by atoms with E-state index < -0.39 is 0 Å². The predicted molar refractivity (Wildman–Crippen MR) is 114 cm³/mol. The van der Waals surface area contributed by atoms with Crippen LogP contribution in [0.3, 0.4) is 0 Å². The van der Waals surface area contributed by atoms with Crippen LogP contribution in [0.4, 0.5) is 4.39 Å². The van der Waals surface area contributed by atoms with Crippen molar-refractivity contribution < 1.29 is 14.1 Å². The van der Waals surface area contributed by atoms with Crippen LogP contribution in [0.2, 0.25) is 0 Å². The highest BCUT2D eigenvalue weighted by Crippen LogP contribution is 2.30. The smallest absolute Gasteiger partial charge is 0.278 e. The first-order chi connectivity index (χ1) is 15.0. The predicted octanol–water partition coefficient (Wildman–Crippen LogP) is 1.06. The molecule has 0 aliphatic carbocycles. The first-order valence-electron chi connectivity index (χ1n) is 11.2. The van der Waals surface area contributed by atoms with Gasteiger partial charge in [-0.1, -0.05) is 6.07 Å². The molecule has 2 aromatic heterocycles. The average Bonchev–Trinajstić information content (AvgIpc) is 3.11. The highest BCUT2D eigenvalue weighted by atomic mass is 19.1. The standard InChI is InChI=1S/C24H25FN4O2/c25-17-4-5-20-18(9-17)19-13-28(7-6-21(19)26-20)24(31)14-27-10-15-8-16(12-27)22-2-1-3-23(30)29(22)11-15/h1-5,9,15-16,26H,6-8,10-14H2/p+1/t15-,16+/m1/s1. The van der Waals surface area contributed by atoms with Crippen LogP contribution in [-0.2, 0) is 24.3 Å². The summed E-state index contributed by atoms with van der Waals surface area (Å²) in [7, 11) is 0. The average molecular weight is 421 g/mol. The van der Waals surface area contributed by atoms with E-state index in [4.69, 9.17) is 0 Å². The van der Waals surface area contributed by atoms with Gasteiger partial charge in [0, 0.05) is 71.8 Å². The Morgan fingerprint density at radius 3 is 3.03 bits per heavy atom. The minimum atomic E-state index is -0.249. The molecule has 6 nitrogen and oxygen atoms in total. The molecule has 2 bridgehead atoms.